The third kappa shape index (κ3) is 6.15. The second-order valence-electron chi connectivity index (χ2n) is 7.38. The number of hydrogen-bond donors (Lipinski definition) is 0. The quantitative estimate of drug-likeness (QED) is 0.643. The number of likely N-dealkylation sites (tertiary alicyclic amines) is 2. The van der Waals surface area contributed by atoms with Gasteiger partial charge in [0, 0.05) is 26.3 Å². The van der Waals surface area contributed by atoms with Crippen molar-refractivity contribution in [1.82, 2.24) is 9.80 Å². The number of nitrogens with zero attached hydrogens (tertiary/aromatic N) is 2. The van der Waals surface area contributed by atoms with E-state index < -0.39 is 0 Å². The lowest BCUT2D eigenvalue weighted by Crippen LogP contribution is -2.43. The topological polar surface area (TPSA) is 24.9 Å². The van der Waals surface area contributed by atoms with Crippen molar-refractivity contribution in [1.29, 1.82) is 0 Å². The van der Waals surface area contributed by atoms with Crippen LogP contribution in [0.25, 0.3) is 0 Å². The summed E-state index contributed by atoms with van der Waals surface area (Å²) in [5.74, 6) is 1.68. The van der Waals surface area contributed by atoms with Gasteiger partial charge in [-0.2, -0.15) is 0 Å². The Morgan fingerprint density at radius 1 is 0.909 bits per heavy atom. The zero-order valence-corrected chi connectivity index (χ0v) is 14.9. The van der Waals surface area contributed by atoms with Crippen molar-refractivity contribution in [2.75, 3.05) is 59.7 Å². The van der Waals surface area contributed by atoms with E-state index in [4.69, 9.17) is 9.47 Å². The van der Waals surface area contributed by atoms with Crippen LogP contribution in [0.1, 0.15) is 39.5 Å². The van der Waals surface area contributed by atoms with Crippen LogP contribution in [-0.2, 0) is 9.47 Å². The highest BCUT2D eigenvalue weighted by Crippen LogP contribution is 2.23. The van der Waals surface area contributed by atoms with E-state index in [2.05, 4.69) is 23.6 Å². The second kappa shape index (κ2) is 9.86. The summed E-state index contributed by atoms with van der Waals surface area (Å²) in [7, 11) is 1.73. The molecular weight excluding hydrogens is 276 g/mol. The first-order valence-corrected chi connectivity index (χ1v) is 9.22. The maximum Gasteiger partial charge on any atom is 0.0700 e. The average molecular weight is 312 g/mol. The van der Waals surface area contributed by atoms with Gasteiger partial charge in [0.05, 0.1) is 13.2 Å². The molecular formula is C18H36N2O2. The number of ether oxygens (including phenoxy) is 2. The van der Waals surface area contributed by atoms with Crippen LogP contribution in [0.4, 0.5) is 0 Å². The molecule has 2 fully saturated rings. The molecule has 0 aromatic rings. The van der Waals surface area contributed by atoms with Crippen molar-refractivity contribution in [3.05, 3.63) is 0 Å². The first-order chi connectivity index (χ1) is 10.7. The number of piperidine rings is 2. The minimum atomic E-state index is 0.716. The van der Waals surface area contributed by atoms with E-state index in [0.29, 0.717) is 6.61 Å². The lowest BCUT2D eigenvalue weighted by molar-refractivity contribution is 0.0309. The first-order valence-electron chi connectivity index (χ1n) is 9.22. The third-order valence-electron chi connectivity index (χ3n) is 5.39. The molecule has 2 rings (SSSR count). The highest BCUT2D eigenvalue weighted by molar-refractivity contribution is 4.79. The van der Waals surface area contributed by atoms with Gasteiger partial charge in [0.25, 0.3) is 0 Å². The Hall–Kier alpha value is -0.160. The molecule has 130 valence electrons. The van der Waals surface area contributed by atoms with Gasteiger partial charge in [0.2, 0.25) is 0 Å². The largest absolute Gasteiger partial charge is 0.382 e. The van der Waals surface area contributed by atoms with Crippen molar-refractivity contribution in [2.24, 2.45) is 11.8 Å². The fraction of sp³-hybridized carbons (Fsp3) is 1.00. The Balaban J connectivity index is 1.56. The zero-order chi connectivity index (χ0) is 15.8. The molecule has 0 spiro atoms. The van der Waals surface area contributed by atoms with Gasteiger partial charge in [0.1, 0.15) is 0 Å². The summed E-state index contributed by atoms with van der Waals surface area (Å²) in [6.45, 7) is 13.5. The molecule has 0 radical (unpaired) electrons. The minimum absolute atomic E-state index is 0.716. The first kappa shape index (κ1) is 18.2. The molecule has 0 bridgehead atoms. The van der Waals surface area contributed by atoms with Gasteiger partial charge in [-0.15, -0.1) is 0 Å². The Bertz CT molecular complexity index is 283. The van der Waals surface area contributed by atoms with Crippen LogP contribution in [0.2, 0.25) is 0 Å². The van der Waals surface area contributed by atoms with Crippen LogP contribution in [0, 0.1) is 11.8 Å². The smallest absolute Gasteiger partial charge is 0.0700 e. The van der Waals surface area contributed by atoms with Crippen molar-refractivity contribution in [2.45, 2.75) is 45.6 Å². The van der Waals surface area contributed by atoms with Crippen LogP contribution in [0.3, 0.4) is 0 Å². The Kier molecular flexibility index (Phi) is 8.15. The third-order valence-corrected chi connectivity index (χ3v) is 5.39. The zero-order valence-electron chi connectivity index (χ0n) is 14.9. The predicted molar refractivity (Wildman–Crippen MR) is 91.3 cm³/mol. The van der Waals surface area contributed by atoms with E-state index in [1.807, 2.05) is 0 Å². The average Bonchev–Trinajstić information content (AvgIpc) is 2.54. The molecule has 2 saturated heterocycles. The standard InChI is InChI=1S/C18H36N2O2/c1-16(2)20-10-6-17(7-11-20)14-19-8-4-18(5-9-19)15-22-13-12-21-3/h16-18H,4-15H2,1-3H3. The fourth-order valence-corrected chi connectivity index (χ4v) is 3.74. The van der Waals surface area contributed by atoms with E-state index >= 15 is 0 Å². The van der Waals surface area contributed by atoms with Gasteiger partial charge < -0.3 is 19.3 Å². The molecule has 4 nitrogen and oxygen atoms in total. The highest BCUT2D eigenvalue weighted by atomic mass is 16.5. The molecule has 0 aliphatic carbocycles. The molecule has 0 saturated carbocycles. The van der Waals surface area contributed by atoms with Crippen LogP contribution in [-0.4, -0.2) is 75.5 Å². The molecule has 0 aromatic heterocycles. The molecule has 22 heavy (non-hydrogen) atoms. The normalized spacial score (nSPS) is 23.5. The van der Waals surface area contributed by atoms with Gasteiger partial charge in [-0.1, -0.05) is 0 Å². The number of hydrogen-bond acceptors (Lipinski definition) is 4. The predicted octanol–water partition coefficient (Wildman–Crippen LogP) is 2.48. The Morgan fingerprint density at radius 3 is 2.14 bits per heavy atom. The number of rotatable bonds is 8. The summed E-state index contributed by atoms with van der Waals surface area (Å²) in [5.41, 5.74) is 0. The summed E-state index contributed by atoms with van der Waals surface area (Å²) in [5, 5.41) is 0. The Labute approximate surface area is 137 Å². The molecule has 4 heteroatoms. The molecule has 0 amide bonds. The maximum atomic E-state index is 5.68. The van der Waals surface area contributed by atoms with Crippen LogP contribution < -0.4 is 0 Å². The lowest BCUT2D eigenvalue weighted by atomic mass is 9.92. The van der Waals surface area contributed by atoms with Crippen molar-refractivity contribution in [3.63, 3.8) is 0 Å². The van der Waals surface area contributed by atoms with E-state index in [1.54, 1.807) is 7.11 Å². The molecule has 2 aliphatic rings. The van der Waals surface area contributed by atoms with E-state index in [9.17, 15) is 0 Å². The summed E-state index contributed by atoms with van der Waals surface area (Å²) in [4.78, 5) is 5.32. The maximum absolute atomic E-state index is 5.68. The van der Waals surface area contributed by atoms with Crippen molar-refractivity contribution < 1.29 is 9.47 Å². The summed E-state index contributed by atoms with van der Waals surface area (Å²) < 4.78 is 10.7. The van der Waals surface area contributed by atoms with Crippen molar-refractivity contribution in [3.8, 4) is 0 Å². The minimum Gasteiger partial charge on any atom is -0.382 e. The highest BCUT2D eigenvalue weighted by Gasteiger charge is 2.25. The summed E-state index contributed by atoms with van der Waals surface area (Å²) in [6, 6.07) is 0.717. The monoisotopic (exact) mass is 312 g/mol. The van der Waals surface area contributed by atoms with Gasteiger partial charge in [0.15, 0.2) is 0 Å². The second-order valence-corrected chi connectivity index (χ2v) is 7.38. The van der Waals surface area contributed by atoms with Gasteiger partial charge in [-0.05, 0) is 77.5 Å². The van der Waals surface area contributed by atoms with Crippen LogP contribution >= 0.6 is 0 Å². The molecule has 0 N–H and O–H groups in total. The molecule has 0 aromatic carbocycles. The van der Waals surface area contributed by atoms with Gasteiger partial charge in [-0.3, -0.25) is 0 Å². The molecule has 2 aliphatic heterocycles. The summed E-state index contributed by atoms with van der Waals surface area (Å²) >= 11 is 0. The van der Waals surface area contributed by atoms with Crippen molar-refractivity contribution >= 4 is 0 Å². The lowest BCUT2D eigenvalue weighted by Gasteiger charge is -2.38. The van der Waals surface area contributed by atoms with Crippen LogP contribution in [0.5, 0.6) is 0 Å². The molecule has 2 heterocycles. The van der Waals surface area contributed by atoms with E-state index in [-0.39, 0.29) is 0 Å². The SMILES string of the molecule is COCCOCC1CCN(CC2CCN(C(C)C)CC2)CC1. The van der Waals surface area contributed by atoms with Crippen LogP contribution in [0.15, 0.2) is 0 Å². The van der Waals surface area contributed by atoms with Gasteiger partial charge >= 0.3 is 0 Å². The summed E-state index contributed by atoms with van der Waals surface area (Å²) in [6.07, 6.45) is 5.38. The fourth-order valence-electron chi connectivity index (χ4n) is 3.74. The molecule has 0 unspecified atom stereocenters. The molecule has 0 atom stereocenters. The van der Waals surface area contributed by atoms with E-state index in [0.717, 1.165) is 31.1 Å². The Morgan fingerprint density at radius 2 is 1.55 bits per heavy atom. The number of methoxy groups -OCH3 is 1. The van der Waals surface area contributed by atoms with Gasteiger partial charge in [-0.25, -0.2) is 0 Å². The van der Waals surface area contributed by atoms with E-state index in [1.165, 1.54) is 58.4 Å².